The zero-order chi connectivity index (χ0) is 25.9. The number of amides is 1. The largest absolute Gasteiger partial charge is 0.495 e. The number of para-hydroxylation sites is 2. The van der Waals surface area contributed by atoms with Gasteiger partial charge in [0.15, 0.2) is 10.2 Å². The van der Waals surface area contributed by atoms with E-state index in [4.69, 9.17) is 21.7 Å². The summed E-state index contributed by atoms with van der Waals surface area (Å²) < 4.78 is 10.3. The first-order chi connectivity index (χ1) is 17.4. The molecule has 1 amide bonds. The third-order valence-electron chi connectivity index (χ3n) is 4.80. The molecule has 0 saturated carbocycles. The smallest absolute Gasteiger partial charge is 0.311 e. The number of aromatic nitrogens is 1. The van der Waals surface area contributed by atoms with E-state index in [-0.39, 0.29) is 23.5 Å². The summed E-state index contributed by atoms with van der Waals surface area (Å²) >= 11 is 8.20. The zero-order valence-electron chi connectivity index (χ0n) is 20.2. The summed E-state index contributed by atoms with van der Waals surface area (Å²) in [6.45, 7) is 4.04. The summed E-state index contributed by atoms with van der Waals surface area (Å²) in [7, 11) is 1.61. The predicted molar refractivity (Wildman–Crippen MR) is 150 cm³/mol. The number of hydrogen-bond donors (Lipinski definition) is 3. The van der Waals surface area contributed by atoms with E-state index in [1.165, 1.54) is 23.1 Å². The van der Waals surface area contributed by atoms with E-state index in [2.05, 4.69) is 20.9 Å². The van der Waals surface area contributed by atoms with E-state index in [1.807, 2.05) is 55.5 Å². The van der Waals surface area contributed by atoms with Gasteiger partial charge < -0.3 is 25.4 Å². The van der Waals surface area contributed by atoms with Gasteiger partial charge in [-0.2, -0.15) is 0 Å². The molecule has 1 unspecified atom stereocenters. The highest BCUT2D eigenvalue weighted by Crippen LogP contribution is 2.29. The first kappa shape index (κ1) is 27.4. The molecule has 3 aromatic rings. The Kier molecular flexibility index (Phi) is 10.5. The van der Waals surface area contributed by atoms with Gasteiger partial charge in [-0.3, -0.25) is 9.59 Å². The van der Waals surface area contributed by atoms with Crippen LogP contribution in [0.5, 0.6) is 5.75 Å². The molecular weight excluding hydrogens is 517 g/mol. The van der Waals surface area contributed by atoms with Gasteiger partial charge in [0.25, 0.3) is 0 Å². The first-order valence-electron chi connectivity index (χ1n) is 11.3. The van der Waals surface area contributed by atoms with Crippen LogP contribution < -0.4 is 20.7 Å². The second-order valence-electron chi connectivity index (χ2n) is 7.44. The number of nitrogens with zero attached hydrogens (tertiary/aromatic N) is 1. The van der Waals surface area contributed by atoms with E-state index in [0.29, 0.717) is 34.7 Å². The molecule has 190 valence electrons. The summed E-state index contributed by atoms with van der Waals surface area (Å²) in [4.78, 5) is 29.8. The Balaban J connectivity index is 1.58. The molecule has 1 atom stereocenters. The number of hydrogen-bond acceptors (Lipinski definition) is 8. The lowest BCUT2D eigenvalue weighted by Gasteiger charge is -2.16. The topological polar surface area (TPSA) is 102 Å². The van der Waals surface area contributed by atoms with E-state index < -0.39 is 0 Å². The minimum Gasteiger partial charge on any atom is -0.495 e. The van der Waals surface area contributed by atoms with Crippen LogP contribution in [0.3, 0.4) is 0 Å². The standard InChI is InChI=1S/C25H28N4O4S3/c1-4-21(23(31)29-25-27-17(15-35-25)14-22(30)33-5-2)36-18-10-8-9-16(13-18)26-24(34)28-19-11-6-7-12-20(19)32-3/h6-13,15,21H,4-5,14H2,1-3H3,(H2,26,28,34)(H,27,29,31). The van der Waals surface area contributed by atoms with Crippen molar-refractivity contribution in [3.63, 3.8) is 0 Å². The van der Waals surface area contributed by atoms with Crippen LogP contribution in [0.15, 0.2) is 58.8 Å². The average Bonchev–Trinajstić information content (AvgIpc) is 3.29. The molecule has 0 spiro atoms. The fourth-order valence-corrected chi connectivity index (χ4v) is 5.11. The third-order valence-corrected chi connectivity index (χ3v) is 7.17. The summed E-state index contributed by atoms with van der Waals surface area (Å²) in [6.07, 6.45) is 0.711. The van der Waals surface area contributed by atoms with Crippen molar-refractivity contribution in [3.05, 3.63) is 59.6 Å². The van der Waals surface area contributed by atoms with Crippen LogP contribution in [0.1, 0.15) is 26.0 Å². The van der Waals surface area contributed by atoms with Gasteiger partial charge >= 0.3 is 5.97 Å². The monoisotopic (exact) mass is 544 g/mol. The molecule has 0 bridgehead atoms. The van der Waals surface area contributed by atoms with Gasteiger partial charge in [0.1, 0.15) is 5.75 Å². The lowest BCUT2D eigenvalue weighted by atomic mass is 10.3. The lowest BCUT2D eigenvalue weighted by molar-refractivity contribution is -0.142. The van der Waals surface area contributed by atoms with Gasteiger partial charge in [-0.25, -0.2) is 4.98 Å². The van der Waals surface area contributed by atoms with Gasteiger partial charge in [0.05, 0.1) is 36.8 Å². The predicted octanol–water partition coefficient (Wildman–Crippen LogP) is 5.58. The second-order valence-corrected chi connectivity index (χ2v) is 9.98. The number of nitrogens with one attached hydrogen (secondary N) is 3. The van der Waals surface area contributed by atoms with Gasteiger partial charge in [-0.15, -0.1) is 23.1 Å². The number of anilines is 3. The number of methoxy groups -OCH3 is 1. The van der Waals surface area contributed by atoms with E-state index in [0.717, 1.165) is 16.3 Å². The van der Waals surface area contributed by atoms with Crippen LogP contribution in [0.2, 0.25) is 0 Å². The summed E-state index contributed by atoms with van der Waals surface area (Å²) in [5.41, 5.74) is 2.13. The molecule has 0 aliphatic rings. The number of thiocarbonyl (C=S) groups is 1. The van der Waals surface area contributed by atoms with Gasteiger partial charge in [0, 0.05) is 16.0 Å². The quantitative estimate of drug-likeness (QED) is 0.162. The van der Waals surface area contributed by atoms with Crippen LogP contribution in [0, 0.1) is 0 Å². The summed E-state index contributed by atoms with van der Waals surface area (Å²) in [5, 5.41) is 11.5. The van der Waals surface area contributed by atoms with Crippen molar-refractivity contribution < 1.29 is 19.1 Å². The highest BCUT2D eigenvalue weighted by Gasteiger charge is 2.20. The number of carbonyl (C=O) groups is 2. The highest BCUT2D eigenvalue weighted by atomic mass is 32.2. The fourth-order valence-electron chi connectivity index (χ4n) is 3.16. The first-order valence-corrected chi connectivity index (χ1v) is 13.5. The normalized spacial score (nSPS) is 11.3. The lowest BCUT2D eigenvalue weighted by Crippen LogP contribution is -2.24. The minimum absolute atomic E-state index is 0.0831. The summed E-state index contributed by atoms with van der Waals surface area (Å²) in [6, 6.07) is 15.2. The Labute approximate surface area is 224 Å². The second kappa shape index (κ2) is 13.8. The zero-order valence-corrected chi connectivity index (χ0v) is 22.6. The molecule has 1 aromatic heterocycles. The van der Waals surface area contributed by atoms with E-state index in [1.54, 1.807) is 19.4 Å². The van der Waals surface area contributed by atoms with Crippen LogP contribution in [-0.4, -0.2) is 40.9 Å². The number of esters is 1. The molecule has 0 aliphatic carbocycles. The maximum Gasteiger partial charge on any atom is 0.311 e. The molecule has 0 aliphatic heterocycles. The molecule has 1 heterocycles. The number of carbonyl (C=O) groups excluding carboxylic acids is 2. The third kappa shape index (κ3) is 8.21. The van der Waals surface area contributed by atoms with Crippen molar-refractivity contribution in [2.24, 2.45) is 0 Å². The molecule has 0 radical (unpaired) electrons. The molecule has 2 aromatic carbocycles. The van der Waals surface area contributed by atoms with E-state index in [9.17, 15) is 9.59 Å². The van der Waals surface area contributed by atoms with Gasteiger partial charge in [0.2, 0.25) is 5.91 Å². The maximum absolute atomic E-state index is 12.9. The molecule has 36 heavy (non-hydrogen) atoms. The maximum atomic E-state index is 12.9. The molecule has 3 rings (SSSR count). The Bertz CT molecular complexity index is 1200. The fraction of sp³-hybridized carbons (Fsp3) is 0.280. The number of benzene rings is 2. The SMILES string of the molecule is CCOC(=O)Cc1csc(NC(=O)C(CC)Sc2cccc(NC(=S)Nc3ccccc3OC)c2)n1. The highest BCUT2D eigenvalue weighted by molar-refractivity contribution is 8.00. The molecule has 0 fully saturated rings. The Morgan fingerprint density at radius 2 is 1.92 bits per heavy atom. The molecule has 11 heteroatoms. The number of thiazole rings is 1. The Morgan fingerprint density at radius 3 is 2.67 bits per heavy atom. The van der Waals surface area contributed by atoms with Crippen LogP contribution in [0.25, 0.3) is 0 Å². The number of ether oxygens (including phenoxy) is 2. The van der Waals surface area contributed by atoms with Crippen molar-refractivity contribution in [3.8, 4) is 5.75 Å². The van der Waals surface area contributed by atoms with E-state index >= 15 is 0 Å². The molecular formula is C25H28N4O4S3. The van der Waals surface area contributed by atoms with Crippen molar-refractivity contribution >= 4 is 68.8 Å². The van der Waals surface area contributed by atoms with Gasteiger partial charge in [-0.1, -0.05) is 25.1 Å². The van der Waals surface area contributed by atoms with Gasteiger partial charge in [-0.05, 0) is 55.9 Å². The molecule has 8 nitrogen and oxygen atoms in total. The van der Waals surface area contributed by atoms with Crippen LogP contribution in [0.4, 0.5) is 16.5 Å². The number of rotatable bonds is 11. The van der Waals surface area contributed by atoms with Crippen molar-refractivity contribution in [2.75, 3.05) is 29.7 Å². The minimum atomic E-state index is -0.339. The van der Waals surface area contributed by atoms with Crippen molar-refractivity contribution in [1.29, 1.82) is 0 Å². The van der Waals surface area contributed by atoms with Crippen LogP contribution >= 0.6 is 35.3 Å². The average molecular weight is 545 g/mol. The Morgan fingerprint density at radius 1 is 1.11 bits per heavy atom. The van der Waals surface area contributed by atoms with Crippen LogP contribution in [-0.2, 0) is 20.7 Å². The molecule has 3 N–H and O–H groups in total. The molecule has 0 saturated heterocycles. The van der Waals surface area contributed by atoms with Crippen molar-refractivity contribution in [2.45, 2.75) is 36.8 Å². The number of thioether (sulfide) groups is 1. The Hall–Kier alpha value is -3.15. The van der Waals surface area contributed by atoms with Crippen molar-refractivity contribution in [1.82, 2.24) is 4.98 Å². The summed E-state index contributed by atoms with van der Waals surface area (Å²) in [5.74, 6) is 0.205.